The van der Waals surface area contributed by atoms with E-state index in [4.69, 9.17) is 15.3 Å². The summed E-state index contributed by atoms with van der Waals surface area (Å²) in [6.45, 7) is 1.47. The molecular weight excluding hydrogens is 206 g/mol. The van der Waals surface area contributed by atoms with Gasteiger partial charge in [-0.2, -0.15) is 0 Å². The summed E-state index contributed by atoms with van der Waals surface area (Å²) in [5, 5.41) is 8.79. The second-order valence-electron chi connectivity index (χ2n) is 3.09. The van der Waals surface area contributed by atoms with Crippen molar-refractivity contribution in [2.24, 2.45) is 0 Å². The van der Waals surface area contributed by atoms with Gasteiger partial charge in [0.1, 0.15) is 5.75 Å². The SMILES string of the molecule is CC(=O)c1ccco1.Nc1ccccc1O. The first kappa shape index (κ1) is 11.8. The van der Waals surface area contributed by atoms with Gasteiger partial charge in [-0.3, -0.25) is 4.79 Å². The van der Waals surface area contributed by atoms with E-state index in [1.807, 2.05) is 0 Å². The molecule has 0 saturated carbocycles. The Morgan fingerprint density at radius 3 is 2.25 bits per heavy atom. The van der Waals surface area contributed by atoms with E-state index in [1.54, 1.807) is 36.4 Å². The Hall–Kier alpha value is -2.23. The Bertz CT molecular complexity index is 428. The van der Waals surface area contributed by atoms with Gasteiger partial charge in [-0.25, -0.2) is 0 Å². The van der Waals surface area contributed by atoms with Crippen LogP contribution in [0.5, 0.6) is 5.75 Å². The molecule has 1 heterocycles. The Kier molecular flexibility index (Phi) is 4.15. The van der Waals surface area contributed by atoms with E-state index < -0.39 is 0 Å². The van der Waals surface area contributed by atoms with Crippen molar-refractivity contribution >= 4 is 11.5 Å². The fraction of sp³-hybridized carbons (Fsp3) is 0.0833. The molecule has 2 rings (SSSR count). The molecule has 0 bridgehead atoms. The number of aromatic hydroxyl groups is 1. The van der Waals surface area contributed by atoms with E-state index in [9.17, 15) is 4.79 Å². The minimum Gasteiger partial charge on any atom is -0.506 e. The van der Waals surface area contributed by atoms with E-state index in [1.165, 1.54) is 13.2 Å². The summed E-state index contributed by atoms with van der Waals surface area (Å²) in [6.07, 6.45) is 1.48. The van der Waals surface area contributed by atoms with Gasteiger partial charge in [0.05, 0.1) is 12.0 Å². The van der Waals surface area contributed by atoms with Crippen molar-refractivity contribution < 1.29 is 14.3 Å². The summed E-state index contributed by atoms with van der Waals surface area (Å²) in [5.41, 5.74) is 5.69. The second kappa shape index (κ2) is 5.60. The predicted octanol–water partition coefficient (Wildman–Crippen LogP) is 2.46. The monoisotopic (exact) mass is 219 g/mol. The number of Topliss-reactive ketones (excluding diaryl/α,β-unsaturated/α-hetero) is 1. The highest BCUT2D eigenvalue weighted by Gasteiger charge is 1.97. The van der Waals surface area contributed by atoms with Crippen LogP contribution in [0.3, 0.4) is 0 Å². The van der Waals surface area contributed by atoms with Crippen molar-refractivity contribution in [2.75, 3.05) is 5.73 Å². The molecular formula is C12H13NO3. The number of phenols is 1. The van der Waals surface area contributed by atoms with Gasteiger partial charge in [-0.1, -0.05) is 12.1 Å². The van der Waals surface area contributed by atoms with E-state index in [0.717, 1.165) is 0 Å². The molecule has 0 aliphatic heterocycles. The molecule has 0 aliphatic rings. The van der Waals surface area contributed by atoms with Crippen molar-refractivity contribution in [2.45, 2.75) is 6.92 Å². The number of hydrogen-bond acceptors (Lipinski definition) is 4. The zero-order chi connectivity index (χ0) is 12.0. The van der Waals surface area contributed by atoms with Crippen molar-refractivity contribution in [3.8, 4) is 5.75 Å². The van der Waals surface area contributed by atoms with E-state index >= 15 is 0 Å². The molecule has 1 aromatic heterocycles. The molecule has 3 N–H and O–H groups in total. The third-order valence-electron chi connectivity index (χ3n) is 1.80. The molecule has 4 nitrogen and oxygen atoms in total. The molecule has 0 fully saturated rings. The van der Waals surface area contributed by atoms with E-state index in [2.05, 4.69) is 0 Å². The maximum absolute atomic E-state index is 10.4. The van der Waals surface area contributed by atoms with Gasteiger partial charge in [0.15, 0.2) is 11.5 Å². The number of carbonyl (C=O) groups is 1. The number of hydrogen-bond donors (Lipinski definition) is 2. The average molecular weight is 219 g/mol. The summed E-state index contributed by atoms with van der Waals surface area (Å²) in [6, 6.07) is 10.0. The van der Waals surface area contributed by atoms with Crippen LogP contribution < -0.4 is 5.73 Å². The highest BCUT2D eigenvalue weighted by atomic mass is 16.3. The maximum Gasteiger partial charge on any atom is 0.194 e. The van der Waals surface area contributed by atoms with Crippen LogP contribution in [0.2, 0.25) is 0 Å². The van der Waals surface area contributed by atoms with Gasteiger partial charge in [0.2, 0.25) is 0 Å². The van der Waals surface area contributed by atoms with E-state index in [-0.39, 0.29) is 11.5 Å². The van der Waals surface area contributed by atoms with Crippen LogP contribution in [-0.4, -0.2) is 10.9 Å². The molecule has 1 aromatic carbocycles. The Morgan fingerprint density at radius 2 is 1.94 bits per heavy atom. The molecule has 0 unspecified atom stereocenters. The third kappa shape index (κ3) is 3.49. The van der Waals surface area contributed by atoms with Crippen molar-refractivity contribution in [1.82, 2.24) is 0 Å². The lowest BCUT2D eigenvalue weighted by atomic mass is 10.3. The van der Waals surface area contributed by atoms with Gasteiger partial charge >= 0.3 is 0 Å². The van der Waals surface area contributed by atoms with Crippen LogP contribution in [0, 0.1) is 0 Å². The largest absolute Gasteiger partial charge is 0.506 e. The second-order valence-corrected chi connectivity index (χ2v) is 3.09. The first-order chi connectivity index (χ1) is 7.61. The number of carbonyl (C=O) groups excluding carboxylic acids is 1. The van der Waals surface area contributed by atoms with Gasteiger partial charge in [0, 0.05) is 6.92 Å². The van der Waals surface area contributed by atoms with Crippen LogP contribution in [0.1, 0.15) is 17.5 Å². The quantitative estimate of drug-likeness (QED) is 0.439. The van der Waals surface area contributed by atoms with Crippen LogP contribution in [0.4, 0.5) is 5.69 Å². The van der Waals surface area contributed by atoms with Gasteiger partial charge < -0.3 is 15.3 Å². The molecule has 0 aliphatic carbocycles. The molecule has 0 radical (unpaired) electrons. The van der Waals surface area contributed by atoms with E-state index in [0.29, 0.717) is 11.4 Å². The highest BCUT2D eigenvalue weighted by molar-refractivity contribution is 5.91. The molecule has 16 heavy (non-hydrogen) atoms. The Morgan fingerprint density at radius 1 is 1.25 bits per heavy atom. The number of ketones is 1. The summed E-state index contributed by atoms with van der Waals surface area (Å²) in [5.74, 6) is 0.535. The van der Waals surface area contributed by atoms with Crippen molar-refractivity contribution in [1.29, 1.82) is 0 Å². The number of furan rings is 1. The molecule has 84 valence electrons. The summed E-state index contributed by atoms with van der Waals surface area (Å²) >= 11 is 0. The number of anilines is 1. The minimum absolute atomic E-state index is 0.0324. The molecule has 2 aromatic rings. The lowest BCUT2D eigenvalue weighted by molar-refractivity contribution is 0.0987. The number of nitrogens with two attached hydrogens (primary N) is 1. The fourth-order valence-electron chi connectivity index (χ4n) is 0.966. The van der Waals surface area contributed by atoms with Crippen LogP contribution in [-0.2, 0) is 0 Å². The Labute approximate surface area is 93.3 Å². The van der Waals surface area contributed by atoms with Gasteiger partial charge in [0.25, 0.3) is 0 Å². The molecule has 0 saturated heterocycles. The van der Waals surface area contributed by atoms with Crippen molar-refractivity contribution in [3.63, 3.8) is 0 Å². The third-order valence-corrected chi connectivity index (χ3v) is 1.80. The minimum atomic E-state index is -0.0324. The van der Waals surface area contributed by atoms with Gasteiger partial charge in [-0.15, -0.1) is 0 Å². The number of nitrogen functional groups attached to an aromatic ring is 1. The number of phenolic OH excluding ortho intramolecular Hbond substituents is 1. The topological polar surface area (TPSA) is 76.5 Å². The summed E-state index contributed by atoms with van der Waals surface area (Å²) in [7, 11) is 0. The fourth-order valence-corrected chi connectivity index (χ4v) is 0.966. The molecule has 4 heteroatoms. The number of benzene rings is 1. The zero-order valence-electron chi connectivity index (χ0n) is 8.88. The molecule has 0 spiro atoms. The number of para-hydroxylation sites is 2. The highest BCUT2D eigenvalue weighted by Crippen LogP contribution is 2.16. The average Bonchev–Trinajstić information content (AvgIpc) is 2.77. The first-order valence-corrected chi connectivity index (χ1v) is 4.69. The summed E-state index contributed by atoms with van der Waals surface area (Å²) < 4.78 is 4.75. The van der Waals surface area contributed by atoms with Gasteiger partial charge in [-0.05, 0) is 24.3 Å². The number of rotatable bonds is 1. The summed E-state index contributed by atoms with van der Waals surface area (Å²) in [4.78, 5) is 10.4. The molecule has 0 atom stereocenters. The Balaban J connectivity index is 0.000000160. The lowest BCUT2D eigenvalue weighted by Crippen LogP contribution is -1.85. The predicted molar refractivity (Wildman–Crippen MR) is 61.2 cm³/mol. The van der Waals surface area contributed by atoms with Crippen LogP contribution >= 0.6 is 0 Å². The smallest absolute Gasteiger partial charge is 0.194 e. The van der Waals surface area contributed by atoms with Crippen molar-refractivity contribution in [3.05, 3.63) is 48.4 Å². The van der Waals surface area contributed by atoms with Crippen LogP contribution in [0.15, 0.2) is 47.1 Å². The van der Waals surface area contributed by atoms with Crippen LogP contribution in [0.25, 0.3) is 0 Å². The lowest BCUT2D eigenvalue weighted by Gasteiger charge is -1.92. The first-order valence-electron chi connectivity index (χ1n) is 4.69. The maximum atomic E-state index is 10.4. The normalized spacial score (nSPS) is 9.06. The zero-order valence-corrected chi connectivity index (χ0v) is 8.88. The standard InChI is InChI=1S/C6H7NO.C6H6O2/c7-5-3-1-2-4-6(5)8;1-5(7)6-3-2-4-8-6/h1-4,8H,7H2;2-4H,1H3. The molecule has 0 amide bonds.